The van der Waals surface area contributed by atoms with Crippen LogP contribution in [0.4, 0.5) is 5.13 Å². The second-order valence-electron chi connectivity index (χ2n) is 10.3. The molecule has 1 fully saturated rings. The molecule has 1 unspecified atom stereocenters. The lowest BCUT2D eigenvalue weighted by atomic mass is 9.95. The van der Waals surface area contributed by atoms with E-state index in [2.05, 4.69) is 18.0 Å². The number of benzene rings is 3. The number of aliphatic hydroxyl groups excluding tert-OH is 1. The largest absolute Gasteiger partial charge is 0.507 e. The van der Waals surface area contributed by atoms with Crippen LogP contribution < -0.4 is 19.1 Å². The molecule has 1 aliphatic rings. The summed E-state index contributed by atoms with van der Waals surface area (Å²) in [5, 5.41) is 13.6. The fourth-order valence-corrected chi connectivity index (χ4v) is 5.69. The van der Waals surface area contributed by atoms with Gasteiger partial charge in [-0.1, -0.05) is 55.7 Å². The van der Waals surface area contributed by atoms with Gasteiger partial charge in [0.15, 0.2) is 16.6 Å². The van der Waals surface area contributed by atoms with Crippen molar-refractivity contribution in [1.82, 2.24) is 4.98 Å². The first-order valence-corrected chi connectivity index (χ1v) is 15.1. The predicted molar refractivity (Wildman–Crippen MR) is 167 cm³/mol. The Bertz CT molecular complexity index is 1610. The minimum Gasteiger partial charge on any atom is -0.507 e. The SMILES string of the molecule is CCCCCOc1ccc(C2/C(=C(\O)c3ccc(OCc4cccc(C)c4)cc3)C(=O)C(=O)N2c2nccs2)cc1OC. The molecule has 1 aliphatic heterocycles. The average Bonchev–Trinajstić information content (AvgIpc) is 3.64. The van der Waals surface area contributed by atoms with Crippen LogP contribution in [0.1, 0.15) is 54.5 Å². The average molecular weight is 599 g/mol. The van der Waals surface area contributed by atoms with E-state index in [9.17, 15) is 14.7 Å². The third kappa shape index (κ3) is 6.57. The molecule has 4 aromatic rings. The number of aryl methyl sites for hydroxylation is 1. The monoisotopic (exact) mass is 598 g/mol. The summed E-state index contributed by atoms with van der Waals surface area (Å²) in [4.78, 5) is 32.5. The number of methoxy groups -OCH3 is 1. The summed E-state index contributed by atoms with van der Waals surface area (Å²) >= 11 is 1.23. The second kappa shape index (κ2) is 13.6. The van der Waals surface area contributed by atoms with E-state index < -0.39 is 17.7 Å². The van der Waals surface area contributed by atoms with E-state index in [-0.39, 0.29) is 11.3 Å². The molecule has 3 aromatic carbocycles. The van der Waals surface area contributed by atoms with Crippen LogP contribution in [0, 0.1) is 6.92 Å². The highest BCUT2D eigenvalue weighted by Crippen LogP contribution is 2.44. The molecule has 5 rings (SSSR count). The molecule has 1 saturated heterocycles. The van der Waals surface area contributed by atoms with Gasteiger partial charge >= 0.3 is 5.91 Å². The van der Waals surface area contributed by atoms with Crippen molar-refractivity contribution >= 4 is 33.9 Å². The van der Waals surface area contributed by atoms with Gasteiger partial charge in [0.1, 0.15) is 18.1 Å². The molecule has 1 N–H and O–H groups in total. The number of aliphatic hydroxyl groups is 1. The summed E-state index contributed by atoms with van der Waals surface area (Å²) in [7, 11) is 1.54. The predicted octanol–water partition coefficient (Wildman–Crippen LogP) is 7.23. The zero-order valence-electron chi connectivity index (χ0n) is 24.4. The van der Waals surface area contributed by atoms with Crippen LogP contribution >= 0.6 is 11.3 Å². The Morgan fingerprint density at radius 2 is 1.81 bits per heavy atom. The number of unbranched alkanes of at least 4 members (excludes halogenated alkanes) is 2. The molecule has 43 heavy (non-hydrogen) atoms. The van der Waals surface area contributed by atoms with Crippen molar-refractivity contribution in [3.63, 3.8) is 0 Å². The Morgan fingerprint density at radius 3 is 2.51 bits per heavy atom. The molecule has 0 saturated carbocycles. The van der Waals surface area contributed by atoms with E-state index in [4.69, 9.17) is 14.2 Å². The van der Waals surface area contributed by atoms with E-state index in [1.807, 2.05) is 25.1 Å². The van der Waals surface area contributed by atoms with Crippen LogP contribution in [0.3, 0.4) is 0 Å². The highest BCUT2D eigenvalue weighted by molar-refractivity contribution is 7.14. The maximum Gasteiger partial charge on any atom is 0.301 e. The van der Waals surface area contributed by atoms with E-state index in [0.29, 0.717) is 46.7 Å². The number of Topliss-reactive ketones (excluding diaryl/α,β-unsaturated/α-hetero) is 1. The van der Waals surface area contributed by atoms with Crippen LogP contribution in [0.2, 0.25) is 0 Å². The molecular weight excluding hydrogens is 564 g/mol. The van der Waals surface area contributed by atoms with Crippen molar-refractivity contribution < 1.29 is 28.9 Å². The normalized spacial score (nSPS) is 16.0. The van der Waals surface area contributed by atoms with Crippen LogP contribution in [0.5, 0.6) is 17.2 Å². The molecule has 0 bridgehead atoms. The van der Waals surface area contributed by atoms with Crippen molar-refractivity contribution in [1.29, 1.82) is 0 Å². The van der Waals surface area contributed by atoms with Gasteiger partial charge in [-0.3, -0.25) is 14.5 Å². The number of ketones is 1. The Hall–Kier alpha value is -4.63. The molecule has 8 nitrogen and oxygen atoms in total. The van der Waals surface area contributed by atoms with Crippen LogP contribution in [0.25, 0.3) is 5.76 Å². The zero-order chi connectivity index (χ0) is 30.3. The topological polar surface area (TPSA) is 98.2 Å². The number of carbonyl (C=O) groups excluding carboxylic acids is 2. The number of rotatable bonds is 12. The number of thiazole rings is 1. The fraction of sp³-hybridized carbons (Fsp3) is 0.265. The first-order valence-electron chi connectivity index (χ1n) is 14.2. The summed E-state index contributed by atoms with van der Waals surface area (Å²) in [6.45, 7) is 5.10. The molecule has 9 heteroatoms. The van der Waals surface area contributed by atoms with Gasteiger partial charge in [0, 0.05) is 17.1 Å². The van der Waals surface area contributed by atoms with Crippen LogP contribution in [-0.4, -0.2) is 35.5 Å². The van der Waals surface area contributed by atoms with Gasteiger partial charge < -0.3 is 19.3 Å². The molecule has 1 amide bonds. The smallest absolute Gasteiger partial charge is 0.301 e. The maximum absolute atomic E-state index is 13.5. The maximum atomic E-state index is 13.5. The lowest BCUT2D eigenvalue weighted by Gasteiger charge is -2.24. The third-order valence-electron chi connectivity index (χ3n) is 7.19. The number of ether oxygens (including phenoxy) is 3. The van der Waals surface area contributed by atoms with E-state index >= 15 is 0 Å². The number of aromatic nitrogens is 1. The number of hydrogen-bond acceptors (Lipinski definition) is 8. The van der Waals surface area contributed by atoms with Crippen molar-refractivity contribution in [2.45, 2.75) is 45.8 Å². The van der Waals surface area contributed by atoms with Crippen molar-refractivity contribution in [2.75, 3.05) is 18.6 Å². The van der Waals surface area contributed by atoms with Crippen molar-refractivity contribution in [3.05, 3.63) is 106 Å². The molecule has 2 heterocycles. The number of carbonyl (C=O) groups is 2. The molecule has 0 aliphatic carbocycles. The lowest BCUT2D eigenvalue weighted by Crippen LogP contribution is -2.29. The Balaban J connectivity index is 1.48. The fourth-order valence-electron chi connectivity index (χ4n) is 5.02. The molecule has 1 atom stereocenters. The number of nitrogens with zero attached hydrogens (tertiary/aromatic N) is 2. The molecular formula is C34H34N2O6S. The standard InChI is InChI=1S/C34H34N2O6S/c1-4-5-6-17-41-27-15-12-25(20-28(27)40-3)30-29(32(38)33(39)36(30)34-35-16-18-43-34)31(37)24-10-13-26(14-11-24)42-21-23-9-7-8-22(2)19-23/h7-16,18-20,30,37H,4-6,17,21H2,1-3H3/b31-29+. The highest BCUT2D eigenvalue weighted by Gasteiger charge is 2.48. The van der Waals surface area contributed by atoms with Gasteiger partial charge in [-0.25, -0.2) is 4.98 Å². The molecule has 222 valence electrons. The minimum absolute atomic E-state index is 0.0349. The van der Waals surface area contributed by atoms with Gasteiger partial charge in [-0.05, 0) is 60.9 Å². The van der Waals surface area contributed by atoms with Gasteiger partial charge in [-0.15, -0.1) is 11.3 Å². The zero-order valence-corrected chi connectivity index (χ0v) is 25.2. The summed E-state index contributed by atoms with van der Waals surface area (Å²) in [5.74, 6) is -0.206. The Kier molecular flexibility index (Phi) is 9.41. The number of amides is 1. The summed E-state index contributed by atoms with van der Waals surface area (Å²) < 4.78 is 17.5. The lowest BCUT2D eigenvalue weighted by molar-refractivity contribution is -0.132. The summed E-state index contributed by atoms with van der Waals surface area (Å²) in [5.41, 5.74) is 3.12. The summed E-state index contributed by atoms with van der Waals surface area (Å²) in [6, 6.07) is 19.2. The molecule has 0 radical (unpaired) electrons. The summed E-state index contributed by atoms with van der Waals surface area (Å²) in [6.07, 6.45) is 4.63. The first-order chi connectivity index (χ1) is 20.9. The highest BCUT2D eigenvalue weighted by atomic mass is 32.1. The van der Waals surface area contributed by atoms with E-state index in [1.54, 1.807) is 61.2 Å². The molecule has 0 spiro atoms. The van der Waals surface area contributed by atoms with Gasteiger partial charge in [-0.2, -0.15) is 0 Å². The Morgan fingerprint density at radius 1 is 1.00 bits per heavy atom. The van der Waals surface area contributed by atoms with Crippen LogP contribution in [0.15, 0.2) is 83.9 Å². The first kappa shape index (κ1) is 29.8. The Labute approximate surface area is 255 Å². The van der Waals surface area contributed by atoms with Crippen molar-refractivity contribution in [3.8, 4) is 17.2 Å². The molecule has 1 aromatic heterocycles. The van der Waals surface area contributed by atoms with E-state index in [1.165, 1.54) is 16.2 Å². The van der Waals surface area contributed by atoms with Crippen molar-refractivity contribution in [2.24, 2.45) is 0 Å². The van der Waals surface area contributed by atoms with E-state index in [0.717, 1.165) is 30.4 Å². The number of hydrogen-bond donors (Lipinski definition) is 1. The van der Waals surface area contributed by atoms with Gasteiger partial charge in [0.25, 0.3) is 5.78 Å². The van der Waals surface area contributed by atoms with Gasteiger partial charge in [0.05, 0.1) is 25.3 Å². The van der Waals surface area contributed by atoms with Crippen LogP contribution in [-0.2, 0) is 16.2 Å². The van der Waals surface area contributed by atoms with Gasteiger partial charge in [0.2, 0.25) is 0 Å². The minimum atomic E-state index is -0.925. The number of anilines is 1. The third-order valence-corrected chi connectivity index (χ3v) is 7.97. The quantitative estimate of drug-likeness (QED) is 0.0795. The second-order valence-corrected chi connectivity index (χ2v) is 11.1.